The summed E-state index contributed by atoms with van der Waals surface area (Å²) in [5.74, 6) is 1.57. The zero-order chi connectivity index (χ0) is 19.6. The second-order valence-electron chi connectivity index (χ2n) is 7.51. The Balaban J connectivity index is 0.00000392. The molecule has 1 aromatic rings. The van der Waals surface area contributed by atoms with Crippen LogP contribution in [0.1, 0.15) is 51.5 Å². The maximum atomic E-state index is 4.86. The number of hydrogen-bond donors (Lipinski definition) is 2. The first kappa shape index (κ1) is 25.7. The number of guanidine groups is 1. The van der Waals surface area contributed by atoms with E-state index in [9.17, 15) is 0 Å². The molecular formula is C21H40IN5S. The minimum absolute atomic E-state index is 0. The smallest absolute Gasteiger partial charge is 0.191 e. The highest BCUT2D eigenvalue weighted by Crippen LogP contribution is 2.36. The van der Waals surface area contributed by atoms with Crippen LogP contribution >= 0.6 is 35.3 Å². The highest BCUT2D eigenvalue weighted by Gasteiger charge is 2.31. The molecule has 2 N–H and O–H groups in total. The Bertz CT molecular complexity index is 547. The van der Waals surface area contributed by atoms with Gasteiger partial charge in [0.15, 0.2) is 5.96 Å². The van der Waals surface area contributed by atoms with Gasteiger partial charge in [-0.2, -0.15) is 0 Å². The van der Waals surface area contributed by atoms with Gasteiger partial charge in [0.25, 0.3) is 0 Å². The van der Waals surface area contributed by atoms with Gasteiger partial charge < -0.3 is 10.6 Å². The number of likely N-dealkylation sites (N-methyl/N-ethyl adjacent to an activating group) is 1. The van der Waals surface area contributed by atoms with E-state index in [1.54, 1.807) is 0 Å². The van der Waals surface area contributed by atoms with Crippen molar-refractivity contribution in [2.24, 2.45) is 10.9 Å². The lowest BCUT2D eigenvalue weighted by Crippen LogP contribution is -2.45. The molecule has 0 aromatic carbocycles. The summed E-state index contributed by atoms with van der Waals surface area (Å²) >= 11 is 1.88. The number of thiophene rings is 1. The molecule has 2 rings (SSSR count). The van der Waals surface area contributed by atoms with Crippen LogP contribution in [0.4, 0.5) is 0 Å². The minimum Gasteiger partial charge on any atom is -0.357 e. The SMILES string of the molecule is CCNC(=NCC(C)N(CC)CC)NCC1CCCN(C)C1c1cccs1.I. The van der Waals surface area contributed by atoms with Crippen molar-refractivity contribution in [2.45, 2.75) is 52.6 Å². The van der Waals surface area contributed by atoms with Gasteiger partial charge in [-0.15, -0.1) is 35.3 Å². The molecule has 7 heteroatoms. The molecule has 162 valence electrons. The average molecular weight is 522 g/mol. The van der Waals surface area contributed by atoms with Crippen molar-refractivity contribution in [3.05, 3.63) is 22.4 Å². The minimum atomic E-state index is 0. The number of rotatable bonds is 9. The Labute approximate surface area is 193 Å². The van der Waals surface area contributed by atoms with Gasteiger partial charge in [0.1, 0.15) is 0 Å². The van der Waals surface area contributed by atoms with Crippen molar-refractivity contribution >= 4 is 41.3 Å². The van der Waals surface area contributed by atoms with Gasteiger partial charge in [-0.25, -0.2) is 0 Å². The fourth-order valence-electron chi connectivity index (χ4n) is 4.14. The maximum Gasteiger partial charge on any atom is 0.191 e. The molecule has 0 amide bonds. The first-order valence-electron chi connectivity index (χ1n) is 10.6. The van der Waals surface area contributed by atoms with E-state index in [0.717, 1.165) is 38.7 Å². The van der Waals surface area contributed by atoms with Crippen molar-refractivity contribution in [3.8, 4) is 0 Å². The third kappa shape index (κ3) is 7.46. The number of piperidine rings is 1. The Hall–Kier alpha value is -0.380. The molecule has 3 unspecified atom stereocenters. The molecule has 0 spiro atoms. The molecule has 1 aliphatic heterocycles. The van der Waals surface area contributed by atoms with Crippen LogP contribution in [0.3, 0.4) is 0 Å². The van der Waals surface area contributed by atoms with Crippen molar-refractivity contribution in [3.63, 3.8) is 0 Å². The number of nitrogens with one attached hydrogen (secondary N) is 2. The third-order valence-electron chi connectivity index (χ3n) is 5.67. The summed E-state index contributed by atoms with van der Waals surface area (Å²) in [6.45, 7) is 14.9. The number of hydrogen-bond acceptors (Lipinski definition) is 4. The van der Waals surface area contributed by atoms with E-state index in [1.165, 1.54) is 24.3 Å². The van der Waals surface area contributed by atoms with Crippen LogP contribution in [0.25, 0.3) is 0 Å². The van der Waals surface area contributed by atoms with Crippen LogP contribution in [0, 0.1) is 5.92 Å². The maximum absolute atomic E-state index is 4.86. The monoisotopic (exact) mass is 521 g/mol. The highest BCUT2D eigenvalue weighted by atomic mass is 127. The van der Waals surface area contributed by atoms with Gasteiger partial charge in [-0.05, 0) is 70.7 Å². The second kappa shape index (κ2) is 13.8. The summed E-state index contributed by atoms with van der Waals surface area (Å²) in [5.41, 5.74) is 0. The van der Waals surface area contributed by atoms with Gasteiger partial charge in [0.2, 0.25) is 0 Å². The number of halogens is 1. The highest BCUT2D eigenvalue weighted by molar-refractivity contribution is 14.0. The summed E-state index contributed by atoms with van der Waals surface area (Å²) in [6, 6.07) is 5.45. The van der Waals surface area contributed by atoms with Crippen molar-refractivity contribution in [2.75, 3.05) is 46.3 Å². The van der Waals surface area contributed by atoms with Gasteiger partial charge in [-0.3, -0.25) is 14.8 Å². The summed E-state index contributed by atoms with van der Waals surface area (Å²) in [5, 5.41) is 9.25. The van der Waals surface area contributed by atoms with Gasteiger partial charge in [0.05, 0.1) is 6.54 Å². The van der Waals surface area contributed by atoms with E-state index in [4.69, 9.17) is 4.99 Å². The Morgan fingerprint density at radius 1 is 1.32 bits per heavy atom. The zero-order valence-electron chi connectivity index (χ0n) is 18.3. The second-order valence-corrected chi connectivity index (χ2v) is 8.49. The number of likely N-dealkylation sites (tertiary alicyclic amines) is 1. The van der Waals surface area contributed by atoms with Crippen molar-refractivity contribution in [1.82, 2.24) is 20.4 Å². The van der Waals surface area contributed by atoms with E-state index in [2.05, 4.69) is 72.7 Å². The van der Waals surface area contributed by atoms with Gasteiger partial charge >= 0.3 is 0 Å². The quantitative estimate of drug-likeness (QED) is 0.293. The molecule has 1 aromatic heterocycles. The predicted molar refractivity (Wildman–Crippen MR) is 134 cm³/mol. The van der Waals surface area contributed by atoms with E-state index in [-0.39, 0.29) is 24.0 Å². The normalized spacial score (nSPS) is 22.0. The summed E-state index contributed by atoms with van der Waals surface area (Å²) in [6.07, 6.45) is 2.55. The van der Waals surface area contributed by atoms with Crippen LogP contribution in [-0.2, 0) is 0 Å². The number of nitrogens with zero attached hydrogens (tertiary/aromatic N) is 3. The Morgan fingerprint density at radius 3 is 2.68 bits per heavy atom. The van der Waals surface area contributed by atoms with E-state index in [1.807, 2.05) is 11.3 Å². The molecule has 0 saturated carbocycles. The van der Waals surface area contributed by atoms with Gasteiger partial charge in [-0.1, -0.05) is 19.9 Å². The molecule has 28 heavy (non-hydrogen) atoms. The lowest BCUT2D eigenvalue weighted by Gasteiger charge is -2.39. The average Bonchev–Trinajstić information content (AvgIpc) is 3.19. The molecule has 5 nitrogen and oxygen atoms in total. The molecule has 1 aliphatic rings. The van der Waals surface area contributed by atoms with E-state index >= 15 is 0 Å². The van der Waals surface area contributed by atoms with E-state index in [0.29, 0.717) is 18.0 Å². The first-order chi connectivity index (χ1) is 13.1. The molecule has 1 fully saturated rings. The lowest BCUT2D eigenvalue weighted by atomic mass is 9.88. The van der Waals surface area contributed by atoms with Crippen LogP contribution in [0.15, 0.2) is 22.5 Å². The molecular weight excluding hydrogens is 481 g/mol. The molecule has 0 aliphatic carbocycles. The fraction of sp³-hybridized carbons (Fsp3) is 0.762. The molecule has 1 saturated heterocycles. The van der Waals surface area contributed by atoms with Crippen molar-refractivity contribution in [1.29, 1.82) is 0 Å². The standard InChI is InChI=1S/C21H39N5S.HI/c1-6-22-21(23-15-17(4)26(7-2)8-3)24-16-18-11-9-13-25(5)20(18)19-12-10-14-27-19;/h10,12,14,17-18,20H,6-9,11,13,15-16H2,1-5H3,(H2,22,23,24);1H. The zero-order valence-corrected chi connectivity index (χ0v) is 21.4. The van der Waals surface area contributed by atoms with Gasteiger partial charge in [0, 0.05) is 30.1 Å². The first-order valence-corrected chi connectivity index (χ1v) is 11.5. The Morgan fingerprint density at radius 2 is 2.07 bits per heavy atom. The fourth-order valence-corrected chi connectivity index (χ4v) is 5.12. The van der Waals surface area contributed by atoms with Crippen molar-refractivity contribution < 1.29 is 0 Å². The third-order valence-corrected chi connectivity index (χ3v) is 6.61. The predicted octanol–water partition coefficient (Wildman–Crippen LogP) is 4.03. The topological polar surface area (TPSA) is 42.9 Å². The van der Waals surface area contributed by atoms with Crippen LogP contribution < -0.4 is 10.6 Å². The van der Waals surface area contributed by atoms with Crippen LogP contribution in [0.5, 0.6) is 0 Å². The summed E-state index contributed by atoms with van der Waals surface area (Å²) in [7, 11) is 2.27. The molecule has 0 bridgehead atoms. The number of aliphatic imine (C=N–C) groups is 1. The summed E-state index contributed by atoms with van der Waals surface area (Å²) in [4.78, 5) is 11.3. The molecule has 0 radical (unpaired) electrons. The lowest BCUT2D eigenvalue weighted by molar-refractivity contribution is 0.125. The van der Waals surface area contributed by atoms with Crippen LogP contribution in [0.2, 0.25) is 0 Å². The molecule has 2 heterocycles. The molecule has 3 atom stereocenters. The largest absolute Gasteiger partial charge is 0.357 e. The summed E-state index contributed by atoms with van der Waals surface area (Å²) < 4.78 is 0. The Kier molecular flexibility index (Phi) is 12.6. The van der Waals surface area contributed by atoms with E-state index < -0.39 is 0 Å². The van der Waals surface area contributed by atoms with Crippen LogP contribution in [-0.4, -0.2) is 68.1 Å².